The summed E-state index contributed by atoms with van der Waals surface area (Å²) in [6, 6.07) is 0. The Bertz CT molecular complexity index is 321. The SMILES string of the molecule is CS(=O)(=O)[C@H]1CC[C@@](O)(CNCl)[C@H](O)C1. The number of hydrogen-bond donors (Lipinski definition) is 3. The molecule has 90 valence electrons. The normalized spacial score (nSPS) is 37.9. The molecule has 0 radical (unpaired) electrons. The lowest BCUT2D eigenvalue weighted by atomic mass is 9.82. The molecule has 0 spiro atoms. The predicted molar refractivity (Wildman–Crippen MR) is 57.3 cm³/mol. The highest BCUT2D eigenvalue weighted by Crippen LogP contribution is 2.31. The van der Waals surface area contributed by atoms with Crippen LogP contribution in [-0.2, 0) is 9.84 Å². The minimum atomic E-state index is -3.15. The van der Waals surface area contributed by atoms with Gasteiger partial charge in [-0.3, -0.25) is 0 Å². The summed E-state index contributed by atoms with van der Waals surface area (Å²) in [4.78, 5) is 2.27. The largest absolute Gasteiger partial charge is 0.390 e. The third kappa shape index (κ3) is 3.04. The second kappa shape index (κ2) is 4.55. The first-order chi connectivity index (χ1) is 6.79. The first kappa shape index (κ1) is 13.2. The fourth-order valence-corrected chi connectivity index (χ4v) is 3.18. The van der Waals surface area contributed by atoms with Crippen LogP contribution < -0.4 is 4.84 Å². The highest BCUT2D eigenvalue weighted by Gasteiger charge is 2.43. The van der Waals surface area contributed by atoms with E-state index in [1.807, 2.05) is 0 Å². The Hall–Kier alpha value is 0.120. The van der Waals surface area contributed by atoms with Crippen LogP contribution in [0.25, 0.3) is 0 Å². The van der Waals surface area contributed by atoms with Gasteiger partial charge in [0, 0.05) is 12.8 Å². The van der Waals surface area contributed by atoms with Crippen LogP contribution in [0.4, 0.5) is 0 Å². The second-order valence-electron chi connectivity index (χ2n) is 4.16. The van der Waals surface area contributed by atoms with Crippen molar-refractivity contribution < 1.29 is 18.6 Å². The number of hydrogen-bond acceptors (Lipinski definition) is 5. The van der Waals surface area contributed by atoms with Crippen molar-refractivity contribution in [3.63, 3.8) is 0 Å². The van der Waals surface area contributed by atoms with E-state index in [2.05, 4.69) is 4.84 Å². The van der Waals surface area contributed by atoms with Crippen molar-refractivity contribution in [2.24, 2.45) is 0 Å². The molecule has 5 nitrogen and oxygen atoms in total. The lowest BCUT2D eigenvalue weighted by molar-refractivity contribution is -0.0935. The van der Waals surface area contributed by atoms with Crippen LogP contribution in [0.3, 0.4) is 0 Å². The molecule has 15 heavy (non-hydrogen) atoms. The summed E-state index contributed by atoms with van der Waals surface area (Å²) in [7, 11) is -3.15. The van der Waals surface area contributed by atoms with E-state index in [4.69, 9.17) is 11.8 Å². The van der Waals surface area contributed by atoms with Gasteiger partial charge in [0.25, 0.3) is 0 Å². The van der Waals surface area contributed by atoms with Crippen LogP contribution in [0.15, 0.2) is 0 Å². The number of halogens is 1. The topological polar surface area (TPSA) is 86.6 Å². The zero-order chi connectivity index (χ0) is 11.7. The Morgan fingerprint density at radius 3 is 2.60 bits per heavy atom. The van der Waals surface area contributed by atoms with E-state index in [1.165, 1.54) is 0 Å². The predicted octanol–water partition coefficient (Wildman–Crippen LogP) is -0.581. The molecule has 0 amide bonds. The monoisotopic (exact) mass is 257 g/mol. The van der Waals surface area contributed by atoms with E-state index < -0.39 is 26.8 Å². The summed E-state index contributed by atoms with van der Waals surface area (Å²) < 4.78 is 22.5. The Balaban J connectivity index is 2.71. The molecular formula is C8H16ClNO4S. The molecule has 0 unspecified atom stereocenters. The van der Waals surface area contributed by atoms with Crippen LogP contribution in [0.5, 0.6) is 0 Å². The maximum absolute atomic E-state index is 11.3. The number of aliphatic hydroxyl groups excluding tert-OH is 1. The smallest absolute Gasteiger partial charge is 0.150 e. The molecule has 0 aromatic carbocycles. The van der Waals surface area contributed by atoms with Gasteiger partial charge in [0.1, 0.15) is 15.4 Å². The van der Waals surface area contributed by atoms with Crippen LogP contribution >= 0.6 is 11.8 Å². The van der Waals surface area contributed by atoms with Crippen molar-refractivity contribution in [2.45, 2.75) is 36.2 Å². The van der Waals surface area contributed by atoms with Gasteiger partial charge in [-0.05, 0) is 31.0 Å². The van der Waals surface area contributed by atoms with E-state index in [1.54, 1.807) is 0 Å². The minimum Gasteiger partial charge on any atom is -0.390 e. The average Bonchev–Trinajstić information content (AvgIpc) is 2.08. The van der Waals surface area contributed by atoms with E-state index in [0.29, 0.717) is 6.42 Å². The lowest BCUT2D eigenvalue weighted by Crippen LogP contribution is -2.54. The highest BCUT2D eigenvalue weighted by molar-refractivity contribution is 7.91. The number of rotatable bonds is 3. The summed E-state index contributed by atoms with van der Waals surface area (Å²) >= 11 is 5.28. The van der Waals surface area contributed by atoms with Gasteiger partial charge in [-0.25, -0.2) is 13.3 Å². The van der Waals surface area contributed by atoms with Crippen molar-refractivity contribution in [3.05, 3.63) is 0 Å². The molecule has 1 aliphatic rings. The maximum Gasteiger partial charge on any atom is 0.150 e. The van der Waals surface area contributed by atoms with E-state index >= 15 is 0 Å². The molecule has 1 rings (SSSR count). The van der Waals surface area contributed by atoms with Gasteiger partial charge in [0.2, 0.25) is 0 Å². The minimum absolute atomic E-state index is 0.0478. The third-order valence-electron chi connectivity index (χ3n) is 2.98. The van der Waals surface area contributed by atoms with Crippen LogP contribution in [0.1, 0.15) is 19.3 Å². The molecule has 0 saturated heterocycles. The second-order valence-corrected chi connectivity index (χ2v) is 6.75. The zero-order valence-corrected chi connectivity index (χ0v) is 10.1. The fourth-order valence-electron chi connectivity index (χ4n) is 1.87. The van der Waals surface area contributed by atoms with Gasteiger partial charge in [-0.1, -0.05) is 0 Å². The number of aliphatic hydroxyl groups is 2. The van der Waals surface area contributed by atoms with Crippen LogP contribution in [0, 0.1) is 0 Å². The van der Waals surface area contributed by atoms with Gasteiger partial charge in [-0.2, -0.15) is 0 Å². The van der Waals surface area contributed by atoms with Crippen molar-refractivity contribution >= 4 is 21.6 Å². The fraction of sp³-hybridized carbons (Fsp3) is 1.00. The van der Waals surface area contributed by atoms with Gasteiger partial charge < -0.3 is 10.2 Å². The maximum atomic E-state index is 11.3. The van der Waals surface area contributed by atoms with Crippen LogP contribution in [0.2, 0.25) is 0 Å². The molecule has 0 aliphatic heterocycles. The zero-order valence-electron chi connectivity index (χ0n) is 8.48. The van der Waals surface area contributed by atoms with Gasteiger partial charge in [0.05, 0.1) is 11.4 Å². The Morgan fingerprint density at radius 2 is 2.20 bits per heavy atom. The summed E-state index contributed by atoms with van der Waals surface area (Å²) in [5.41, 5.74) is -1.32. The van der Waals surface area contributed by atoms with Crippen molar-refractivity contribution in [1.29, 1.82) is 0 Å². The molecule has 0 heterocycles. The molecule has 0 bridgehead atoms. The molecule has 0 aromatic heterocycles. The van der Waals surface area contributed by atoms with E-state index in [-0.39, 0.29) is 19.4 Å². The summed E-state index contributed by atoms with van der Waals surface area (Å²) in [5, 5.41) is 19.0. The summed E-state index contributed by atoms with van der Waals surface area (Å²) in [5.74, 6) is 0. The van der Waals surface area contributed by atoms with Gasteiger partial charge >= 0.3 is 0 Å². The first-order valence-corrected chi connectivity index (χ1v) is 7.05. The van der Waals surface area contributed by atoms with Gasteiger partial charge in [-0.15, -0.1) is 0 Å². The molecule has 3 atom stereocenters. The molecule has 7 heteroatoms. The molecule has 3 N–H and O–H groups in total. The third-order valence-corrected chi connectivity index (χ3v) is 4.76. The number of sulfone groups is 1. The van der Waals surface area contributed by atoms with Crippen molar-refractivity contribution in [1.82, 2.24) is 4.84 Å². The van der Waals surface area contributed by atoms with Crippen molar-refractivity contribution in [3.8, 4) is 0 Å². The Labute approximate surface area is 94.5 Å². The van der Waals surface area contributed by atoms with E-state index in [9.17, 15) is 18.6 Å². The molecule has 1 saturated carbocycles. The van der Waals surface area contributed by atoms with Gasteiger partial charge in [0.15, 0.2) is 0 Å². The quantitative estimate of drug-likeness (QED) is 0.589. The molecular weight excluding hydrogens is 242 g/mol. The summed E-state index contributed by atoms with van der Waals surface area (Å²) in [6.07, 6.45) is 0.733. The lowest BCUT2D eigenvalue weighted by Gasteiger charge is -2.39. The molecule has 0 aromatic rings. The molecule has 1 aliphatic carbocycles. The van der Waals surface area contributed by atoms with Crippen LogP contribution in [-0.4, -0.2) is 48.4 Å². The summed E-state index contributed by atoms with van der Waals surface area (Å²) in [6.45, 7) is 0.0478. The standard InChI is InChI=1S/C8H16ClNO4S/c1-15(13,14)6-2-3-8(12,5-10-9)7(11)4-6/h6-7,10-12H,2-5H2,1H3/t6-,7+,8+/m0/s1. The van der Waals surface area contributed by atoms with Crippen molar-refractivity contribution in [2.75, 3.05) is 12.8 Å². The Kier molecular flexibility index (Phi) is 4.00. The molecule has 1 fully saturated rings. The Morgan fingerprint density at radius 1 is 1.60 bits per heavy atom. The highest BCUT2D eigenvalue weighted by atomic mass is 35.5. The first-order valence-electron chi connectivity index (χ1n) is 4.72. The number of nitrogens with one attached hydrogen (secondary N) is 1. The van der Waals surface area contributed by atoms with E-state index in [0.717, 1.165) is 6.26 Å². The average molecular weight is 258 g/mol.